The second kappa shape index (κ2) is 2.55. The number of carbonyl (C=O) groups is 1. The Bertz CT molecular complexity index is 387. The third kappa shape index (κ3) is 1.05. The number of esters is 1. The van der Waals surface area contributed by atoms with Gasteiger partial charge in [0, 0.05) is 0 Å². The van der Waals surface area contributed by atoms with Crippen molar-refractivity contribution in [2.45, 2.75) is 6.23 Å². The van der Waals surface area contributed by atoms with E-state index in [9.17, 15) is 14.9 Å². The van der Waals surface area contributed by atoms with Crippen LogP contribution in [0, 0.1) is 10.1 Å². The SMILES string of the molecule is O=C1OC([N+](=O)[O-])c2ccccc21. The van der Waals surface area contributed by atoms with E-state index in [0.29, 0.717) is 5.56 Å². The molecule has 0 spiro atoms. The molecule has 0 saturated heterocycles. The summed E-state index contributed by atoms with van der Waals surface area (Å²) in [6.45, 7) is 0. The Morgan fingerprint density at radius 1 is 1.38 bits per heavy atom. The van der Waals surface area contributed by atoms with E-state index in [-0.39, 0.29) is 5.56 Å². The third-order valence-electron chi connectivity index (χ3n) is 1.86. The van der Waals surface area contributed by atoms with Crippen molar-refractivity contribution in [1.29, 1.82) is 0 Å². The highest BCUT2D eigenvalue weighted by atomic mass is 16.7. The average molecular weight is 179 g/mol. The summed E-state index contributed by atoms with van der Waals surface area (Å²) in [5.74, 6) is -0.628. The zero-order valence-electron chi connectivity index (χ0n) is 6.47. The van der Waals surface area contributed by atoms with Gasteiger partial charge in [-0.25, -0.2) is 4.79 Å². The lowest BCUT2D eigenvalue weighted by molar-refractivity contribution is -0.572. The van der Waals surface area contributed by atoms with Crippen LogP contribution in [-0.4, -0.2) is 10.9 Å². The van der Waals surface area contributed by atoms with Crippen LogP contribution in [0.5, 0.6) is 0 Å². The Morgan fingerprint density at radius 2 is 2.08 bits per heavy atom. The van der Waals surface area contributed by atoms with E-state index in [1.54, 1.807) is 12.1 Å². The van der Waals surface area contributed by atoms with E-state index < -0.39 is 17.1 Å². The molecule has 1 aliphatic heterocycles. The van der Waals surface area contributed by atoms with Crippen molar-refractivity contribution >= 4 is 5.97 Å². The minimum atomic E-state index is -1.33. The lowest BCUT2D eigenvalue weighted by Crippen LogP contribution is -2.09. The molecule has 13 heavy (non-hydrogen) atoms. The number of carbonyl (C=O) groups excluding carboxylic acids is 1. The molecule has 1 atom stereocenters. The molecule has 5 heteroatoms. The first-order chi connectivity index (χ1) is 6.20. The second-order valence-corrected chi connectivity index (χ2v) is 2.63. The topological polar surface area (TPSA) is 69.4 Å². The second-order valence-electron chi connectivity index (χ2n) is 2.63. The fourth-order valence-corrected chi connectivity index (χ4v) is 1.28. The summed E-state index contributed by atoms with van der Waals surface area (Å²) in [5.41, 5.74) is 0.613. The highest BCUT2D eigenvalue weighted by Gasteiger charge is 2.38. The first-order valence-corrected chi connectivity index (χ1v) is 3.63. The van der Waals surface area contributed by atoms with Crippen LogP contribution in [0.3, 0.4) is 0 Å². The molecule has 0 amide bonds. The number of benzene rings is 1. The molecule has 0 fully saturated rings. The van der Waals surface area contributed by atoms with Gasteiger partial charge >= 0.3 is 12.2 Å². The van der Waals surface area contributed by atoms with E-state index in [4.69, 9.17) is 0 Å². The van der Waals surface area contributed by atoms with Gasteiger partial charge in [0.15, 0.2) is 0 Å². The van der Waals surface area contributed by atoms with Crippen molar-refractivity contribution in [3.05, 3.63) is 45.5 Å². The van der Waals surface area contributed by atoms with Gasteiger partial charge in [-0.3, -0.25) is 10.1 Å². The molecule has 1 aliphatic rings. The molecular formula is C8H5NO4. The number of ether oxygens (including phenoxy) is 1. The zero-order valence-corrected chi connectivity index (χ0v) is 6.47. The molecule has 1 aromatic carbocycles. The molecule has 66 valence electrons. The molecule has 5 nitrogen and oxygen atoms in total. The number of nitro groups is 1. The van der Waals surface area contributed by atoms with Crippen LogP contribution in [0.25, 0.3) is 0 Å². The molecule has 0 bridgehead atoms. The number of hydrogen-bond donors (Lipinski definition) is 0. The summed E-state index contributed by atoms with van der Waals surface area (Å²) in [4.78, 5) is 20.9. The van der Waals surface area contributed by atoms with Crippen LogP contribution in [0.15, 0.2) is 24.3 Å². The number of nitrogens with zero attached hydrogens (tertiary/aromatic N) is 1. The molecule has 0 saturated carbocycles. The monoisotopic (exact) mass is 179 g/mol. The minimum Gasteiger partial charge on any atom is -0.390 e. The van der Waals surface area contributed by atoms with Crippen LogP contribution in [0.1, 0.15) is 22.1 Å². The Hall–Kier alpha value is -1.91. The van der Waals surface area contributed by atoms with E-state index in [1.165, 1.54) is 12.1 Å². The van der Waals surface area contributed by atoms with Gasteiger partial charge in [-0.15, -0.1) is 0 Å². The van der Waals surface area contributed by atoms with Gasteiger partial charge in [0.25, 0.3) is 0 Å². The molecule has 0 aromatic heterocycles. The van der Waals surface area contributed by atoms with Crippen LogP contribution >= 0.6 is 0 Å². The van der Waals surface area contributed by atoms with Gasteiger partial charge < -0.3 is 4.74 Å². The lowest BCUT2D eigenvalue weighted by Gasteiger charge is -1.99. The summed E-state index contributed by atoms with van der Waals surface area (Å²) in [6, 6.07) is 6.31. The molecule has 0 radical (unpaired) electrons. The quantitative estimate of drug-likeness (QED) is 0.368. The summed E-state index contributed by atoms with van der Waals surface area (Å²) < 4.78 is 4.56. The molecule has 1 unspecified atom stereocenters. The number of cyclic esters (lactones) is 1. The van der Waals surface area contributed by atoms with Crippen molar-refractivity contribution in [1.82, 2.24) is 0 Å². The number of rotatable bonds is 1. The van der Waals surface area contributed by atoms with Crippen LogP contribution in [0.2, 0.25) is 0 Å². The number of hydrogen-bond acceptors (Lipinski definition) is 4. The maximum atomic E-state index is 11.1. The fraction of sp³-hybridized carbons (Fsp3) is 0.125. The molecular weight excluding hydrogens is 174 g/mol. The van der Waals surface area contributed by atoms with Gasteiger partial charge in [-0.05, 0) is 12.1 Å². The smallest absolute Gasteiger partial charge is 0.383 e. The summed E-state index contributed by atoms with van der Waals surface area (Å²) in [5, 5.41) is 10.4. The Morgan fingerprint density at radius 3 is 2.77 bits per heavy atom. The van der Waals surface area contributed by atoms with Crippen molar-refractivity contribution in [3.8, 4) is 0 Å². The molecule has 1 aromatic rings. The highest BCUT2D eigenvalue weighted by molar-refractivity contribution is 5.93. The normalized spacial score (nSPS) is 19.4. The first kappa shape index (κ1) is 7.72. The van der Waals surface area contributed by atoms with Gasteiger partial charge in [-0.2, -0.15) is 0 Å². The predicted octanol–water partition coefficient (Wildman–Crippen LogP) is 1.13. The van der Waals surface area contributed by atoms with Gasteiger partial charge in [0.2, 0.25) is 0 Å². The molecule has 0 aliphatic carbocycles. The van der Waals surface area contributed by atoms with Crippen LogP contribution < -0.4 is 0 Å². The number of fused-ring (bicyclic) bond motifs is 1. The maximum absolute atomic E-state index is 11.1. The Balaban J connectivity index is 2.53. The molecule has 1 heterocycles. The van der Waals surface area contributed by atoms with Crippen molar-refractivity contribution in [3.63, 3.8) is 0 Å². The van der Waals surface area contributed by atoms with E-state index in [0.717, 1.165) is 0 Å². The van der Waals surface area contributed by atoms with Crippen molar-refractivity contribution in [2.24, 2.45) is 0 Å². The van der Waals surface area contributed by atoms with Crippen LogP contribution in [0.4, 0.5) is 0 Å². The summed E-state index contributed by atoms with van der Waals surface area (Å²) in [6.07, 6.45) is -1.33. The van der Waals surface area contributed by atoms with Crippen LogP contribution in [-0.2, 0) is 4.74 Å². The van der Waals surface area contributed by atoms with E-state index >= 15 is 0 Å². The molecule has 2 rings (SSSR count). The minimum absolute atomic E-state index is 0.282. The van der Waals surface area contributed by atoms with Crippen molar-refractivity contribution in [2.75, 3.05) is 0 Å². The van der Waals surface area contributed by atoms with Gasteiger partial charge in [0.1, 0.15) is 0 Å². The first-order valence-electron chi connectivity index (χ1n) is 3.63. The standard InChI is InChI=1S/C8H5NO4/c10-8-6-4-2-1-3-5(6)7(13-8)9(11)12/h1-4,7H. The third-order valence-corrected chi connectivity index (χ3v) is 1.86. The lowest BCUT2D eigenvalue weighted by atomic mass is 10.1. The van der Waals surface area contributed by atoms with Gasteiger partial charge in [-0.1, -0.05) is 12.1 Å². The van der Waals surface area contributed by atoms with Crippen molar-refractivity contribution < 1.29 is 14.5 Å². The maximum Gasteiger partial charge on any atom is 0.383 e. The molecule has 0 N–H and O–H groups in total. The Kier molecular flexibility index (Phi) is 1.51. The fourth-order valence-electron chi connectivity index (χ4n) is 1.28. The van der Waals surface area contributed by atoms with E-state index in [1.807, 2.05) is 0 Å². The zero-order chi connectivity index (χ0) is 9.42. The summed E-state index contributed by atoms with van der Waals surface area (Å²) >= 11 is 0. The highest BCUT2D eigenvalue weighted by Crippen LogP contribution is 2.30. The Labute approximate surface area is 73.1 Å². The van der Waals surface area contributed by atoms with Gasteiger partial charge in [0.05, 0.1) is 16.1 Å². The van der Waals surface area contributed by atoms with E-state index in [2.05, 4.69) is 4.74 Å². The summed E-state index contributed by atoms with van der Waals surface area (Å²) in [7, 11) is 0. The largest absolute Gasteiger partial charge is 0.390 e. The predicted molar refractivity (Wildman–Crippen MR) is 41.6 cm³/mol. The average Bonchev–Trinajstić information content (AvgIpc) is 2.45.